The largest absolute Gasteiger partial charge is 0.387 e. The van der Waals surface area contributed by atoms with Crippen LogP contribution in [0.4, 0.5) is 0 Å². The summed E-state index contributed by atoms with van der Waals surface area (Å²) < 4.78 is 0. The molecule has 88 valence electrons. The van der Waals surface area contributed by atoms with Crippen molar-refractivity contribution in [3.05, 3.63) is 34.9 Å². The molecule has 0 aromatic heterocycles. The van der Waals surface area contributed by atoms with E-state index in [0.29, 0.717) is 11.4 Å². The molecule has 0 spiro atoms. The van der Waals surface area contributed by atoms with Gasteiger partial charge in [0.25, 0.3) is 0 Å². The molecule has 4 heteroatoms. The molecule has 0 saturated carbocycles. The normalized spacial score (nSPS) is 12.2. The maximum atomic E-state index is 11.2. The zero-order chi connectivity index (χ0) is 12.0. The van der Waals surface area contributed by atoms with Crippen LogP contribution in [0.2, 0.25) is 5.02 Å². The SMILES string of the molecule is CCCC(=O)NCC(O)c1ccc(Cl)cc1. The zero-order valence-corrected chi connectivity index (χ0v) is 10.00. The monoisotopic (exact) mass is 241 g/mol. The van der Waals surface area contributed by atoms with Gasteiger partial charge in [0.1, 0.15) is 0 Å². The van der Waals surface area contributed by atoms with E-state index in [2.05, 4.69) is 5.32 Å². The van der Waals surface area contributed by atoms with Gasteiger partial charge in [-0.15, -0.1) is 0 Å². The Hall–Kier alpha value is -1.06. The molecule has 1 amide bonds. The highest BCUT2D eigenvalue weighted by Crippen LogP contribution is 2.15. The Labute approximate surface area is 100 Å². The summed E-state index contributed by atoms with van der Waals surface area (Å²) >= 11 is 5.73. The van der Waals surface area contributed by atoms with E-state index < -0.39 is 6.10 Å². The van der Waals surface area contributed by atoms with Crippen LogP contribution in [0.15, 0.2) is 24.3 Å². The summed E-state index contributed by atoms with van der Waals surface area (Å²) in [5.41, 5.74) is 0.751. The first kappa shape index (κ1) is 13.0. The van der Waals surface area contributed by atoms with Crippen LogP contribution >= 0.6 is 11.6 Å². The molecule has 1 unspecified atom stereocenters. The number of rotatable bonds is 5. The Morgan fingerprint density at radius 2 is 2.06 bits per heavy atom. The van der Waals surface area contributed by atoms with Gasteiger partial charge in [0.15, 0.2) is 0 Å². The van der Waals surface area contributed by atoms with Gasteiger partial charge in [-0.25, -0.2) is 0 Å². The standard InChI is InChI=1S/C12H16ClNO2/c1-2-3-12(16)14-8-11(15)9-4-6-10(13)7-5-9/h4-7,11,15H,2-3,8H2,1H3,(H,14,16). The van der Waals surface area contributed by atoms with Crippen molar-refractivity contribution in [1.82, 2.24) is 5.32 Å². The molecule has 1 aromatic carbocycles. The van der Waals surface area contributed by atoms with Crippen molar-refractivity contribution < 1.29 is 9.90 Å². The first-order chi connectivity index (χ1) is 7.63. The molecule has 0 radical (unpaired) electrons. The van der Waals surface area contributed by atoms with E-state index >= 15 is 0 Å². The molecular formula is C12H16ClNO2. The van der Waals surface area contributed by atoms with Gasteiger partial charge >= 0.3 is 0 Å². The lowest BCUT2D eigenvalue weighted by Crippen LogP contribution is -2.27. The Balaban J connectivity index is 2.43. The van der Waals surface area contributed by atoms with Crippen molar-refractivity contribution in [2.75, 3.05) is 6.54 Å². The number of halogens is 1. The topological polar surface area (TPSA) is 49.3 Å². The summed E-state index contributed by atoms with van der Waals surface area (Å²) in [4.78, 5) is 11.2. The van der Waals surface area contributed by atoms with Gasteiger partial charge < -0.3 is 10.4 Å². The van der Waals surface area contributed by atoms with E-state index in [4.69, 9.17) is 11.6 Å². The van der Waals surface area contributed by atoms with Gasteiger partial charge in [-0.05, 0) is 24.1 Å². The van der Waals surface area contributed by atoms with Crippen LogP contribution < -0.4 is 5.32 Å². The highest BCUT2D eigenvalue weighted by molar-refractivity contribution is 6.30. The predicted molar refractivity (Wildman–Crippen MR) is 64.3 cm³/mol. The number of aliphatic hydroxyl groups is 1. The lowest BCUT2D eigenvalue weighted by Gasteiger charge is -2.12. The number of carbonyl (C=O) groups excluding carboxylic acids is 1. The minimum Gasteiger partial charge on any atom is -0.387 e. The molecule has 1 aromatic rings. The van der Waals surface area contributed by atoms with E-state index in [1.165, 1.54) is 0 Å². The van der Waals surface area contributed by atoms with Crippen molar-refractivity contribution in [1.29, 1.82) is 0 Å². The third-order valence-electron chi connectivity index (χ3n) is 2.22. The number of aliphatic hydroxyl groups excluding tert-OH is 1. The van der Waals surface area contributed by atoms with E-state index in [9.17, 15) is 9.90 Å². The van der Waals surface area contributed by atoms with Gasteiger partial charge in [0.2, 0.25) is 5.91 Å². The van der Waals surface area contributed by atoms with Crippen LogP contribution in [-0.4, -0.2) is 17.6 Å². The number of nitrogens with one attached hydrogen (secondary N) is 1. The van der Waals surface area contributed by atoms with Crippen LogP contribution in [0.25, 0.3) is 0 Å². The van der Waals surface area contributed by atoms with E-state index in [0.717, 1.165) is 12.0 Å². The Kier molecular flexibility index (Phi) is 5.29. The quantitative estimate of drug-likeness (QED) is 0.831. The lowest BCUT2D eigenvalue weighted by atomic mass is 10.1. The number of amides is 1. The average molecular weight is 242 g/mol. The summed E-state index contributed by atoms with van der Waals surface area (Å²) in [6.45, 7) is 2.18. The van der Waals surface area contributed by atoms with Crippen LogP contribution in [0.1, 0.15) is 31.4 Å². The molecule has 0 bridgehead atoms. The highest BCUT2D eigenvalue weighted by atomic mass is 35.5. The van der Waals surface area contributed by atoms with Gasteiger partial charge in [-0.1, -0.05) is 30.7 Å². The minimum atomic E-state index is -0.682. The van der Waals surface area contributed by atoms with Gasteiger partial charge in [-0.3, -0.25) is 4.79 Å². The van der Waals surface area contributed by atoms with E-state index in [1.54, 1.807) is 24.3 Å². The second-order valence-corrected chi connectivity index (χ2v) is 4.06. The molecule has 0 saturated heterocycles. The first-order valence-electron chi connectivity index (χ1n) is 5.33. The number of hydrogen-bond donors (Lipinski definition) is 2. The number of benzene rings is 1. The summed E-state index contributed by atoms with van der Waals surface area (Å²) in [5.74, 6) is -0.0319. The maximum absolute atomic E-state index is 11.2. The van der Waals surface area contributed by atoms with E-state index in [1.807, 2.05) is 6.92 Å². The fourth-order valence-corrected chi connectivity index (χ4v) is 1.45. The van der Waals surface area contributed by atoms with Crippen LogP contribution in [-0.2, 0) is 4.79 Å². The molecule has 3 nitrogen and oxygen atoms in total. The lowest BCUT2D eigenvalue weighted by molar-refractivity contribution is -0.121. The molecule has 0 aliphatic carbocycles. The van der Waals surface area contributed by atoms with Crippen molar-refractivity contribution in [3.8, 4) is 0 Å². The smallest absolute Gasteiger partial charge is 0.220 e. The molecule has 2 N–H and O–H groups in total. The molecule has 0 fully saturated rings. The maximum Gasteiger partial charge on any atom is 0.220 e. The van der Waals surface area contributed by atoms with Crippen LogP contribution in [0, 0.1) is 0 Å². The molecule has 0 aliphatic heterocycles. The third kappa shape index (κ3) is 4.21. The van der Waals surface area contributed by atoms with Gasteiger partial charge in [-0.2, -0.15) is 0 Å². The van der Waals surface area contributed by atoms with Gasteiger partial charge in [0.05, 0.1) is 6.10 Å². The molecule has 0 aliphatic rings. The minimum absolute atomic E-state index is 0.0319. The number of carbonyl (C=O) groups is 1. The highest BCUT2D eigenvalue weighted by Gasteiger charge is 2.08. The Bertz CT molecular complexity index is 337. The van der Waals surface area contributed by atoms with Crippen molar-refractivity contribution in [2.45, 2.75) is 25.9 Å². The fraction of sp³-hybridized carbons (Fsp3) is 0.417. The summed E-state index contributed by atoms with van der Waals surface area (Å²) in [6, 6.07) is 6.93. The fourth-order valence-electron chi connectivity index (χ4n) is 1.33. The Morgan fingerprint density at radius 3 is 2.62 bits per heavy atom. The van der Waals surface area contributed by atoms with E-state index in [-0.39, 0.29) is 12.5 Å². The predicted octanol–water partition coefficient (Wildman–Crippen LogP) is 2.29. The van der Waals surface area contributed by atoms with Crippen LogP contribution in [0.3, 0.4) is 0 Å². The first-order valence-corrected chi connectivity index (χ1v) is 5.71. The summed E-state index contributed by atoms with van der Waals surface area (Å²) in [5, 5.41) is 13.1. The molecular weight excluding hydrogens is 226 g/mol. The van der Waals surface area contributed by atoms with Crippen molar-refractivity contribution in [2.24, 2.45) is 0 Å². The number of hydrogen-bond acceptors (Lipinski definition) is 2. The summed E-state index contributed by atoms with van der Waals surface area (Å²) in [6.07, 6.45) is 0.619. The van der Waals surface area contributed by atoms with Crippen LogP contribution in [0.5, 0.6) is 0 Å². The molecule has 1 atom stereocenters. The van der Waals surface area contributed by atoms with Crippen molar-refractivity contribution >= 4 is 17.5 Å². The second kappa shape index (κ2) is 6.51. The third-order valence-corrected chi connectivity index (χ3v) is 2.48. The molecule has 0 heterocycles. The van der Waals surface area contributed by atoms with Crippen molar-refractivity contribution in [3.63, 3.8) is 0 Å². The second-order valence-electron chi connectivity index (χ2n) is 3.62. The molecule has 16 heavy (non-hydrogen) atoms. The van der Waals surface area contributed by atoms with Gasteiger partial charge in [0, 0.05) is 18.0 Å². The summed E-state index contributed by atoms with van der Waals surface area (Å²) in [7, 11) is 0. The Morgan fingerprint density at radius 1 is 1.44 bits per heavy atom. The zero-order valence-electron chi connectivity index (χ0n) is 9.24. The molecule has 1 rings (SSSR count). The average Bonchev–Trinajstić information content (AvgIpc) is 2.27.